The Kier molecular flexibility index (Phi) is 13.5. The van der Waals surface area contributed by atoms with Gasteiger partial charge in [-0.15, -0.1) is 11.8 Å². The van der Waals surface area contributed by atoms with Gasteiger partial charge in [0.1, 0.15) is 5.75 Å². The minimum absolute atomic E-state index is 0.00325. The summed E-state index contributed by atoms with van der Waals surface area (Å²) in [6.45, 7) is 12.6. The molecule has 2 aromatic carbocycles. The fourth-order valence-electron chi connectivity index (χ4n) is 5.15. The number of amides is 1. The van der Waals surface area contributed by atoms with Crippen LogP contribution < -0.4 is 10.1 Å². The fraction of sp³-hybridized carbons (Fsp3) is 0.571. The van der Waals surface area contributed by atoms with E-state index in [1.165, 1.54) is 73.8 Å². The van der Waals surface area contributed by atoms with Gasteiger partial charge in [0.05, 0.1) is 18.9 Å². The van der Waals surface area contributed by atoms with Crippen molar-refractivity contribution < 1.29 is 9.53 Å². The third-order valence-corrected chi connectivity index (χ3v) is 8.41. The second-order valence-electron chi connectivity index (χ2n) is 12.3. The zero-order chi connectivity index (χ0) is 28.8. The summed E-state index contributed by atoms with van der Waals surface area (Å²) in [6.07, 6.45) is 15.8. The van der Waals surface area contributed by atoms with E-state index in [4.69, 9.17) is 4.74 Å². The molecule has 0 atom stereocenters. The van der Waals surface area contributed by atoms with Gasteiger partial charge in [0.25, 0.3) is 0 Å². The molecule has 220 valence electrons. The number of allylic oxidation sites excluding steroid dienone is 1. The summed E-state index contributed by atoms with van der Waals surface area (Å²) in [7, 11) is 0. The molecule has 5 heteroatoms. The van der Waals surface area contributed by atoms with Crippen LogP contribution in [0.5, 0.6) is 5.75 Å². The standard InChI is InChI=1S/C35H52N2O2S/c1-6-7-8-9-10-11-12-13-14-15-21-39-33-20-19-29(23-32(33)35(3,4)5)24-34(38)36-31-18-16-17-30(22-31)26-37-25-28(2)40-27-37/h16-20,22-23,25H,6-15,21,24,26-27H2,1-5H3,(H,36,38). The van der Waals surface area contributed by atoms with Crippen molar-refractivity contribution in [3.8, 4) is 5.75 Å². The number of rotatable bonds is 17. The van der Waals surface area contributed by atoms with E-state index >= 15 is 0 Å². The summed E-state index contributed by atoms with van der Waals surface area (Å²) in [5.74, 6) is 1.94. The Balaban J connectivity index is 1.46. The number of ether oxygens (including phenoxy) is 1. The van der Waals surface area contributed by atoms with Gasteiger partial charge in [-0.25, -0.2) is 0 Å². The zero-order valence-electron chi connectivity index (χ0n) is 25.7. The van der Waals surface area contributed by atoms with Gasteiger partial charge in [-0.2, -0.15) is 0 Å². The van der Waals surface area contributed by atoms with Gasteiger partial charge in [-0.3, -0.25) is 4.79 Å². The maximum absolute atomic E-state index is 12.9. The minimum Gasteiger partial charge on any atom is -0.493 e. The van der Waals surface area contributed by atoms with Gasteiger partial charge in [0.15, 0.2) is 0 Å². The Morgan fingerprint density at radius 2 is 1.62 bits per heavy atom. The van der Waals surface area contributed by atoms with Gasteiger partial charge < -0.3 is 15.0 Å². The monoisotopic (exact) mass is 564 g/mol. The second-order valence-corrected chi connectivity index (χ2v) is 13.5. The van der Waals surface area contributed by atoms with Gasteiger partial charge >= 0.3 is 0 Å². The average Bonchev–Trinajstić information content (AvgIpc) is 3.31. The molecule has 1 aliphatic heterocycles. The Morgan fingerprint density at radius 3 is 2.27 bits per heavy atom. The number of thioether (sulfide) groups is 1. The Bertz CT molecular complexity index is 1090. The molecule has 0 fully saturated rings. The lowest BCUT2D eigenvalue weighted by molar-refractivity contribution is -0.115. The highest BCUT2D eigenvalue weighted by Gasteiger charge is 2.20. The Morgan fingerprint density at radius 1 is 0.925 bits per heavy atom. The molecule has 3 rings (SSSR count). The van der Waals surface area contributed by atoms with Gasteiger partial charge in [0, 0.05) is 18.4 Å². The normalized spacial score (nSPS) is 13.4. The molecular formula is C35H52N2O2S. The van der Waals surface area contributed by atoms with Crippen molar-refractivity contribution in [2.24, 2.45) is 0 Å². The Hall–Kier alpha value is -2.40. The minimum atomic E-state index is -0.0609. The van der Waals surface area contributed by atoms with Crippen molar-refractivity contribution in [2.45, 2.75) is 117 Å². The van der Waals surface area contributed by atoms with Crippen molar-refractivity contribution in [3.05, 3.63) is 70.3 Å². The summed E-state index contributed by atoms with van der Waals surface area (Å²) < 4.78 is 6.26. The lowest BCUT2D eigenvalue weighted by Gasteiger charge is -2.24. The molecule has 1 N–H and O–H groups in total. The summed E-state index contributed by atoms with van der Waals surface area (Å²) in [6, 6.07) is 14.4. The highest BCUT2D eigenvalue weighted by Crippen LogP contribution is 2.33. The van der Waals surface area contributed by atoms with Crippen LogP contribution in [0, 0.1) is 0 Å². The number of carbonyl (C=O) groups is 1. The van der Waals surface area contributed by atoms with Crippen LogP contribution in [0.25, 0.3) is 0 Å². The highest BCUT2D eigenvalue weighted by atomic mass is 32.2. The molecular weight excluding hydrogens is 512 g/mol. The van der Waals surface area contributed by atoms with E-state index in [9.17, 15) is 4.79 Å². The predicted octanol–water partition coefficient (Wildman–Crippen LogP) is 9.83. The number of hydrogen-bond acceptors (Lipinski definition) is 4. The highest BCUT2D eigenvalue weighted by molar-refractivity contribution is 8.03. The molecule has 0 bridgehead atoms. The number of benzene rings is 2. The predicted molar refractivity (Wildman–Crippen MR) is 173 cm³/mol. The average molecular weight is 565 g/mol. The second kappa shape index (κ2) is 16.8. The fourth-order valence-corrected chi connectivity index (χ4v) is 5.91. The SMILES string of the molecule is CCCCCCCCCCCCOc1ccc(CC(=O)Nc2cccc(CN3C=C(C)SC3)c2)cc1C(C)(C)C. The van der Waals surface area contributed by atoms with Crippen LogP contribution in [0.3, 0.4) is 0 Å². The van der Waals surface area contributed by atoms with Crippen LogP contribution in [-0.2, 0) is 23.2 Å². The Labute approximate surface area is 248 Å². The third-order valence-electron chi connectivity index (χ3n) is 7.39. The molecule has 40 heavy (non-hydrogen) atoms. The van der Waals surface area contributed by atoms with E-state index in [-0.39, 0.29) is 11.3 Å². The summed E-state index contributed by atoms with van der Waals surface area (Å²) >= 11 is 1.86. The van der Waals surface area contributed by atoms with Crippen molar-refractivity contribution in [1.82, 2.24) is 4.90 Å². The van der Waals surface area contributed by atoms with E-state index in [2.05, 4.69) is 75.3 Å². The maximum atomic E-state index is 12.9. The molecule has 4 nitrogen and oxygen atoms in total. The molecule has 1 heterocycles. The zero-order valence-corrected chi connectivity index (χ0v) is 26.5. The number of nitrogens with zero attached hydrogens (tertiary/aromatic N) is 1. The van der Waals surface area contributed by atoms with E-state index in [0.29, 0.717) is 6.42 Å². The lowest BCUT2D eigenvalue weighted by atomic mass is 9.85. The molecule has 0 unspecified atom stereocenters. The van der Waals surface area contributed by atoms with E-state index in [1.807, 2.05) is 30.0 Å². The molecule has 0 aliphatic carbocycles. The first-order valence-corrected chi connectivity index (χ1v) is 16.4. The van der Waals surface area contributed by atoms with E-state index in [0.717, 1.165) is 42.4 Å². The largest absolute Gasteiger partial charge is 0.493 e. The molecule has 1 amide bonds. The number of nitrogens with one attached hydrogen (secondary N) is 1. The number of hydrogen-bond donors (Lipinski definition) is 1. The van der Waals surface area contributed by atoms with Crippen molar-refractivity contribution in [1.29, 1.82) is 0 Å². The maximum Gasteiger partial charge on any atom is 0.228 e. The van der Waals surface area contributed by atoms with Crippen molar-refractivity contribution in [2.75, 3.05) is 17.8 Å². The number of anilines is 1. The topological polar surface area (TPSA) is 41.6 Å². The number of carbonyl (C=O) groups excluding carboxylic acids is 1. The van der Waals surface area contributed by atoms with E-state index in [1.54, 1.807) is 0 Å². The first-order chi connectivity index (χ1) is 19.2. The van der Waals surface area contributed by atoms with E-state index < -0.39 is 0 Å². The molecule has 0 radical (unpaired) electrons. The number of unbranched alkanes of at least 4 members (excludes halogenated alkanes) is 9. The quantitative estimate of drug-likeness (QED) is 0.194. The molecule has 0 spiro atoms. The summed E-state index contributed by atoms with van der Waals surface area (Å²) in [5, 5.41) is 3.10. The van der Waals surface area contributed by atoms with Crippen molar-refractivity contribution >= 4 is 23.4 Å². The van der Waals surface area contributed by atoms with Gasteiger partial charge in [-0.1, -0.05) is 110 Å². The smallest absolute Gasteiger partial charge is 0.228 e. The first-order valence-electron chi connectivity index (χ1n) is 15.4. The van der Waals surface area contributed by atoms with Crippen LogP contribution in [0.4, 0.5) is 5.69 Å². The first kappa shape index (κ1) is 32.1. The van der Waals surface area contributed by atoms with Crippen LogP contribution in [0.15, 0.2) is 53.6 Å². The van der Waals surface area contributed by atoms with Crippen LogP contribution in [-0.4, -0.2) is 23.3 Å². The van der Waals surface area contributed by atoms with Gasteiger partial charge in [-0.05, 0) is 58.6 Å². The van der Waals surface area contributed by atoms with Crippen LogP contribution in [0.2, 0.25) is 0 Å². The van der Waals surface area contributed by atoms with Crippen LogP contribution >= 0.6 is 11.8 Å². The lowest BCUT2D eigenvalue weighted by Crippen LogP contribution is -2.17. The molecule has 0 saturated heterocycles. The summed E-state index contributed by atoms with van der Waals surface area (Å²) in [5.41, 5.74) is 4.17. The molecule has 2 aromatic rings. The molecule has 0 aromatic heterocycles. The van der Waals surface area contributed by atoms with Crippen LogP contribution in [0.1, 0.15) is 116 Å². The summed E-state index contributed by atoms with van der Waals surface area (Å²) in [4.78, 5) is 16.6. The van der Waals surface area contributed by atoms with Crippen molar-refractivity contribution in [3.63, 3.8) is 0 Å². The van der Waals surface area contributed by atoms with Gasteiger partial charge in [0.2, 0.25) is 5.91 Å². The third kappa shape index (κ3) is 11.6. The molecule has 1 aliphatic rings. The molecule has 0 saturated carbocycles.